The Morgan fingerprint density at radius 2 is 1.71 bits per heavy atom. The van der Waals surface area contributed by atoms with Gasteiger partial charge in [-0.15, -0.1) is 0 Å². The summed E-state index contributed by atoms with van der Waals surface area (Å²) < 4.78 is 12.0. The third kappa shape index (κ3) is 7.06. The zero-order valence-corrected chi connectivity index (χ0v) is 25.4. The van der Waals surface area contributed by atoms with Crippen LogP contribution in [-0.4, -0.2) is 109 Å². The molecule has 4 fully saturated rings. The minimum absolute atomic E-state index is 0.0428. The number of carbonyl (C=O) groups excluding carboxylic acids is 4. The molecule has 0 aromatic heterocycles. The number of nitrogens with zero attached hydrogens (tertiary/aromatic N) is 4. The molecule has 4 saturated heterocycles. The van der Waals surface area contributed by atoms with Gasteiger partial charge in [0.15, 0.2) is 0 Å². The Kier molecular flexibility index (Phi) is 8.80. The highest BCUT2D eigenvalue weighted by Crippen LogP contribution is 2.37. The molecular weight excluding hydrogens is 538 g/mol. The SMILES string of the molecule is Cc1ccc(C(=O)N2CCC3(CCC(CN4CCN(C(=O)OC(C)(C)C)CC4)CO3)CC2)cc1N1CCC(=O)NC1=O. The average Bonchev–Trinajstić information content (AvgIpc) is 2.95. The fraction of sp³-hybridized carbons (Fsp3) is 0.677. The second kappa shape index (κ2) is 12.2. The summed E-state index contributed by atoms with van der Waals surface area (Å²) in [5.74, 6) is 0.146. The zero-order chi connectivity index (χ0) is 30.1. The number of hydrogen-bond donors (Lipinski definition) is 1. The largest absolute Gasteiger partial charge is 0.444 e. The first-order chi connectivity index (χ1) is 19.9. The number of likely N-dealkylation sites (tertiary alicyclic amines) is 1. The number of benzene rings is 1. The summed E-state index contributed by atoms with van der Waals surface area (Å²) in [6, 6.07) is 4.99. The minimum atomic E-state index is -0.479. The highest BCUT2D eigenvalue weighted by atomic mass is 16.6. The Morgan fingerprint density at radius 1 is 1.00 bits per heavy atom. The summed E-state index contributed by atoms with van der Waals surface area (Å²) in [5.41, 5.74) is 1.44. The normalized spacial score (nSPS) is 23.6. The van der Waals surface area contributed by atoms with Gasteiger partial charge in [0, 0.05) is 70.0 Å². The van der Waals surface area contributed by atoms with E-state index < -0.39 is 11.6 Å². The van der Waals surface area contributed by atoms with Crippen LogP contribution in [0.15, 0.2) is 18.2 Å². The van der Waals surface area contributed by atoms with Crippen LogP contribution in [0.3, 0.4) is 0 Å². The first-order valence-corrected chi connectivity index (χ1v) is 15.3. The van der Waals surface area contributed by atoms with Crippen LogP contribution in [-0.2, 0) is 14.3 Å². The molecule has 1 unspecified atom stereocenters. The number of anilines is 1. The van der Waals surface area contributed by atoms with Gasteiger partial charge >= 0.3 is 12.1 Å². The number of aryl methyl sites for hydroxylation is 1. The maximum atomic E-state index is 13.4. The van der Waals surface area contributed by atoms with Crippen LogP contribution in [0.2, 0.25) is 0 Å². The molecule has 11 heteroatoms. The van der Waals surface area contributed by atoms with Crippen molar-refractivity contribution in [1.82, 2.24) is 20.0 Å². The molecule has 5 amide bonds. The molecule has 1 spiro atoms. The number of nitrogens with one attached hydrogen (secondary N) is 1. The molecule has 4 aliphatic heterocycles. The zero-order valence-electron chi connectivity index (χ0n) is 25.4. The van der Waals surface area contributed by atoms with Crippen LogP contribution in [0.1, 0.15) is 68.8 Å². The van der Waals surface area contributed by atoms with E-state index >= 15 is 0 Å². The predicted octanol–water partition coefficient (Wildman–Crippen LogP) is 3.40. The third-order valence-electron chi connectivity index (χ3n) is 8.94. The fourth-order valence-corrected chi connectivity index (χ4v) is 6.39. The lowest BCUT2D eigenvalue weighted by Crippen LogP contribution is -2.53. The molecule has 1 atom stereocenters. The van der Waals surface area contributed by atoms with Gasteiger partial charge in [-0.1, -0.05) is 6.07 Å². The average molecular weight is 584 g/mol. The van der Waals surface area contributed by atoms with Crippen LogP contribution in [0.4, 0.5) is 15.3 Å². The summed E-state index contributed by atoms with van der Waals surface area (Å²) in [7, 11) is 0. The van der Waals surface area contributed by atoms with Gasteiger partial charge in [0.25, 0.3) is 5.91 Å². The van der Waals surface area contributed by atoms with Gasteiger partial charge in [0.05, 0.1) is 12.2 Å². The number of piperazine rings is 1. The highest BCUT2D eigenvalue weighted by Gasteiger charge is 2.41. The minimum Gasteiger partial charge on any atom is -0.444 e. The fourth-order valence-electron chi connectivity index (χ4n) is 6.39. The van der Waals surface area contributed by atoms with Gasteiger partial charge < -0.3 is 19.3 Å². The number of piperidine rings is 1. The lowest BCUT2D eigenvalue weighted by atomic mass is 9.81. The van der Waals surface area contributed by atoms with Crippen molar-refractivity contribution in [2.24, 2.45) is 5.92 Å². The van der Waals surface area contributed by atoms with E-state index in [1.54, 1.807) is 11.0 Å². The Balaban J connectivity index is 1.08. The molecule has 0 radical (unpaired) electrons. The maximum Gasteiger partial charge on any atom is 0.410 e. The molecule has 42 heavy (non-hydrogen) atoms. The van der Waals surface area contributed by atoms with Crippen molar-refractivity contribution in [3.05, 3.63) is 29.3 Å². The van der Waals surface area contributed by atoms with E-state index in [1.807, 2.05) is 44.7 Å². The van der Waals surface area contributed by atoms with Crippen molar-refractivity contribution < 1.29 is 28.7 Å². The third-order valence-corrected chi connectivity index (χ3v) is 8.94. The van der Waals surface area contributed by atoms with Crippen LogP contribution in [0, 0.1) is 12.8 Å². The molecule has 0 aliphatic carbocycles. The van der Waals surface area contributed by atoms with Crippen LogP contribution in [0.25, 0.3) is 0 Å². The number of amides is 5. The summed E-state index contributed by atoms with van der Waals surface area (Å²) >= 11 is 0. The van der Waals surface area contributed by atoms with Gasteiger partial charge in [-0.2, -0.15) is 0 Å². The molecule has 4 heterocycles. The first kappa shape index (κ1) is 30.3. The Morgan fingerprint density at radius 3 is 2.33 bits per heavy atom. The summed E-state index contributed by atoms with van der Waals surface area (Å²) in [6.07, 6.45) is 3.73. The Bertz CT molecular complexity index is 1190. The molecule has 0 bridgehead atoms. The summed E-state index contributed by atoms with van der Waals surface area (Å²) in [4.78, 5) is 57.4. The van der Waals surface area contributed by atoms with Crippen molar-refractivity contribution in [3.63, 3.8) is 0 Å². The molecule has 1 aromatic rings. The quantitative estimate of drug-likeness (QED) is 0.578. The molecular formula is C31H45N5O6. The van der Waals surface area contributed by atoms with Crippen molar-refractivity contribution in [3.8, 4) is 0 Å². The Hall–Kier alpha value is -3.18. The topological polar surface area (TPSA) is 112 Å². The van der Waals surface area contributed by atoms with Crippen LogP contribution < -0.4 is 10.2 Å². The second-order valence-electron chi connectivity index (χ2n) is 13.2. The number of urea groups is 1. The van der Waals surface area contributed by atoms with Gasteiger partial charge in [-0.05, 0) is 77.0 Å². The van der Waals surface area contributed by atoms with E-state index in [4.69, 9.17) is 9.47 Å². The number of ether oxygens (including phenoxy) is 2. The molecule has 1 aromatic carbocycles. The van der Waals surface area contributed by atoms with E-state index in [0.29, 0.717) is 49.9 Å². The number of imide groups is 1. The van der Waals surface area contributed by atoms with E-state index in [2.05, 4.69) is 10.2 Å². The standard InChI is InChI=1S/C31H45N5O6/c1-22-5-6-24(19-25(22)36-12-8-26(37)32-28(36)39)27(38)34-13-10-31(11-14-34)9-7-23(21-41-31)20-33-15-17-35(18-16-33)29(40)42-30(2,3)4/h5-6,19,23H,7-18,20-21H2,1-4H3,(H,32,37,39). The van der Waals surface area contributed by atoms with Crippen molar-refractivity contribution >= 4 is 29.6 Å². The number of hydrogen-bond acceptors (Lipinski definition) is 7. The molecule has 0 saturated carbocycles. The monoisotopic (exact) mass is 583 g/mol. The Labute approximate surface area is 248 Å². The van der Waals surface area contributed by atoms with E-state index in [0.717, 1.165) is 57.5 Å². The van der Waals surface area contributed by atoms with Crippen molar-refractivity contribution in [2.45, 2.75) is 71.0 Å². The smallest absolute Gasteiger partial charge is 0.410 e. The van der Waals surface area contributed by atoms with Gasteiger partial charge in [0.2, 0.25) is 5.91 Å². The van der Waals surface area contributed by atoms with E-state index in [-0.39, 0.29) is 29.9 Å². The van der Waals surface area contributed by atoms with Gasteiger partial charge in [-0.25, -0.2) is 9.59 Å². The predicted molar refractivity (Wildman–Crippen MR) is 157 cm³/mol. The maximum absolute atomic E-state index is 13.4. The van der Waals surface area contributed by atoms with E-state index in [9.17, 15) is 19.2 Å². The lowest BCUT2D eigenvalue weighted by molar-refractivity contribution is -0.129. The number of rotatable bonds is 4. The van der Waals surface area contributed by atoms with Crippen LogP contribution in [0.5, 0.6) is 0 Å². The molecule has 4 aliphatic rings. The van der Waals surface area contributed by atoms with Gasteiger partial charge in [-0.3, -0.25) is 24.7 Å². The summed E-state index contributed by atoms with van der Waals surface area (Å²) in [6.45, 7) is 13.9. The number of carbonyl (C=O) groups is 4. The molecule has 1 N–H and O–H groups in total. The highest BCUT2D eigenvalue weighted by molar-refractivity contribution is 6.06. The van der Waals surface area contributed by atoms with Crippen molar-refractivity contribution in [1.29, 1.82) is 0 Å². The second-order valence-corrected chi connectivity index (χ2v) is 13.2. The summed E-state index contributed by atoms with van der Waals surface area (Å²) in [5, 5.41) is 2.36. The van der Waals surface area contributed by atoms with E-state index in [1.165, 1.54) is 4.90 Å². The molecule has 11 nitrogen and oxygen atoms in total. The van der Waals surface area contributed by atoms with Crippen LogP contribution >= 0.6 is 0 Å². The molecule has 230 valence electrons. The van der Waals surface area contributed by atoms with Gasteiger partial charge in [0.1, 0.15) is 5.60 Å². The first-order valence-electron chi connectivity index (χ1n) is 15.3. The lowest BCUT2D eigenvalue weighted by Gasteiger charge is -2.46. The molecule has 5 rings (SSSR count). The van der Waals surface area contributed by atoms with Crippen molar-refractivity contribution in [2.75, 3.05) is 63.9 Å².